The highest BCUT2D eigenvalue weighted by Gasteiger charge is 2.08. The third kappa shape index (κ3) is 1.82. The van der Waals surface area contributed by atoms with Gasteiger partial charge in [-0.1, -0.05) is 30.4 Å². The van der Waals surface area contributed by atoms with Gasteiger partial charge in [-0.05, 0) is 49.3 Å². The van der Waals surface area contributed by atoms with E-state index in [0.29, 0.717) is 0 Å². The Morgan fingerprint density at radius 2 is 1.69 bits per heavy atom. The predicted octanol–water partition coefficient (Wildman–Crippen LogP) is 3.93. The molecule has 2 aliphatic rings. The van der Waals surface area contributed by atoms with E-state index >= 15 is 0 Å². The summed E-state index contributed by atoms with van der Waals surface area (Å²) in [6.07, 6.45) is 16.4. The summed E-state index contributed by atoms with van der Waals surface area (Å²) in [5, 5.41) is 0. The van der Waals surface area contributed by atoms with Crippen LogP contribution in [0.2, 0.25) is 0 Å². The third-order valence-electron chi connectivity index (χ3n) is 2.70. The Morgan fingerprint density at radius 3 is 2.38 bits per heavy atom. The summed E-state index contributed by atoms with van der Waals surface area (Å²) in [6.45, 7) is 2.22. The van der Waals surface area contributed by atoms with Crippen LogP contribution in [0.15, 0.2) is 47.1 Å². The van der Waals surface area contributed by atoms with Gasteiger partial charge in [0.2, 0.25) is 0 Å². The van der Waals surface area contributed by atoms with Crippen LogP contribution >= 0.6 is 0 Å². The summed E-state index contributed by atoms with van der Waals surface area (Å²) in [5.74, 6) is 0. The topological polar surface area (TPSA) is 0 Å². The molecule has 0 spiro atoms. The highest BCUT2D eigenvalue weighted by atomic mass is 14.1. The average Bonchev–Trinajstić information content (AvgIpc) is 2.20. The Kier molecular flexibility index (Phi) is 2.49. The Labute approximate surface area is 80.3 Å². The molecule has 0 saturated heterocycles. The SMILES string of the molecule is CC1=CCCC=C1C1=CCCC=C1. The van der Waals surface area contributed by atoms with Gasteiger partial charge < -0.3 is 0 Å². The standard InChI is InChI=1S/C13H16/c1-11-7-5-6-10-13(11)12-8-3-2-4-9-12/h3,7-10H,2,4-6H2,1H3. The minimum atomic E-state index is 1.20. The Bertz CT molecular complexity index is 311. The molecule has 0 heteroatoms. The van der Waals surface area contributed by atoms with E-state index in [4.69, 9.17) is 0 Å². The maximum atomic E-state index is 2.37. The second-order valence-electron chi connectivity index (χ2n) is 3.72. The van der Waals surface area contributed by atoms with Gasteiger partial charge in [0.25, 0.3) is 0 Å². The summed E-state index contributed by atoms with van der Waals surface area (Å²) >= 11 is 0. The van der Waals surface area contributed by atoms with Crippen molar-refractivity contribution in [1.29, 1.82) is 0 Å². The lowest BCUT2D eigenvalue weighted by Gasteiger charge is -2.15. The first-order valence-electron chi connectivity index (χ1n) is 5.12. The van der Waals surface area contributed by atoms with Crippen LogP contribution in [-0.2, 0) is 0 Å². The zero-order valence-corrected chi connectivity index (χ0v) is 8.22. The zero-order valence-electron chi connectivity index (χ0n) is 8.22. The molecule has 0 aliphatic heterocycles. The van der Waals surface area contributed by atoms with Crippen molar-refractivity contribution in [2.75, 3.05) is 0 Å². The van der Waals surface area contributed by atoms with Crippen LogP contribution in [-0.4, -0.2) is 0 Å². The van der Waals surface area contributed by atoms with Gasteiger partial charge in [0.05, 0.1) is 0 Å². The largest absolute Gasteiger partial charge is 0.0836 e. The van der Waals surface area contributed by atoms with Crippen molar-refractivity contribution in [2.24, 2.45) is 0 Å². The average molecular weight is 172 g/mol. The Balaban J connectivity index is 2.25. The first kappa shape index (κ1) is 8.55. The van der Waals surface area contributed by atoms with Crippen molar-refractivity contribution in [1.82, 2.24) is 0 Å². The molecule has 13 heavy (non-hydrogen) atoms. The van der Waals surface area contributed by atoms with Crippen LogP contribution in [0.4, 0.5) is 0 Å². The maximum Gasteiger partial charge on any atom is -0.0201 e. The summed E-state index contributed by atoms with van der Waals surface area (Å²) in [6, 6.07) is 0. The summed E-state index contributed by atoms with van der Waals surface area (Å²) in [7, 11) is 0. The van der Waals surface area contributed by atoms with Gasteiger partial charge in [-0.15, -0.1) is 0 Å². The molecule has 0 N–H and O–H groups in total. The smallest absolute Gasteiger partial charge is 0.0201 e. The van der Waals surface area contributed by atoms with Crippen LogP contribution in [0.1, 0.15) is 32.6 Å². The van der Waals surface area contributed by atoms with Gasteiger partial charge in [-0.25, -0.2) is 0 Å². The fourth-order valence-corrected chi connectivity index (χ4v) is 1.96. The number of allylic oxidation sites excluding steroid dienone is 8. The molecule has 0 atom stereocenters. The van der Waals surface area contributed by atoms with Crippen molar-refractivity contribution < 1.29 is 0 Å². The quantitative estimate of drug-likeness (QED) is 0.562. The predicted molar refractivity (Wildman–Crippen MR) is 57.5 cm³/mol. The van der Waals surface area contributed by atoms with Gasteiger partial charge in [0.15, 0.2) is 0 Å². The van der Waals surface area contributed by atoms with Gasteiger partial charge in [-0.2, -0.15) is 0 Å². The monoisotopic (exact) mass is 172 g/mol. The molecule has 0 radical (unpaired) electrons. The summed E-state index contributed by atoms with van der Waals surface area (Å²) in [4.78, 5) is 0. The Hall–Kier alpha value is -1.04. The molecule has 68 valence electrons. The zero-order chi connectivity index (χ0) is 9.10. The fraction of sp³-hybridized carbons (Fsp3) is 0.385. The maximum absolute atomic E-state index is 2.37. The van der Waals surface area contributed by atoms with Crippen molar-refractivity contribution >= 4 is 0 Å². The third-order valence-corrected chi connectivity index (χ3v) is 2.70. The van der Waals surface area contributed by atoms with Gasteiger partial charge in [0.1, 0.15) is 0 Å². The van der Waals surface area contributed by atoms with Crippen molar-refractivity contribution in [3.63, 3.8) is 0 Å². The van der Waals surface area contributed by atoms with Crippen LogP contribution < -0.4 is 0 Å². The number of rotatable bonds is 1. The number of hydrogen-bond donors (Lipinski definition) is 0. The molecule has 0 heterocycles. The van der Waals surface area contributed by atoms with E-state index in [1.165, 1.54) is 42.4 Å². The molecular formula is C13H16. The van der Waals surface area contributed by atoms with Crippen LogP contribution in [0.25, 0.3) is 0 Å². The molecule has 0 aromatic heterocycles. The molecule has 0 amide bonds. The second-order valence-corrected chi connectivity index (χ2v) is 3.72. The first-order valence-corrected chi connectivity index (χ1v) is 5.12. The molecule has 0 aromatic carbocycles. The van der Waals surface area contributed by atoms with E-state index in [1.54, 1.807) is 0 Å². The summed E-state index contributed by atoms with van der Waals surface area (Å²) in [5.41, 5.74) is 4.34. The lowest BCUT2D eigenvalue weighted by Crippen LogP contribution is -1.96. The Morgan fingerprint density at radius 1 is 0.923 bits per heavy atom. The minimum absolute atomic E-state index is 1.20. The van der Waals surface area contributed by atoms with E-state index in [1.807, 2.05) is 0 Å². The van der Waals surface area contributed by atoms with Crippen molar-refractivity contribution in [3.8, 4) is 0 Å². The van der Waals surface area contributed by atoms with E-state index in [0.717, 1.165) is 0 Å². The molecule has 0 fully saturated rings. The van der Waals surface area contributed by atoms with E-state index < -0.39 is 0 Å². The lowest BCUT2D eigenvalue weighted by atomic mass is 9.90. The van der Waals surface area contributed by atoms with Gasteiger partial charge in [-0.3, -0.25) is 0 Å². The molecule has 2 rings (SSSR count). The molecule has 0 nitrogen and oxygen atoms in total. The first-order chi connectivity index (χ1) is 6.38. The van der Waals surface area contributed by atoms with Crippen molar-refractivity contribution in [2.45, 2.75) is 32.6 Å². The molecular weight excluding hydrogens is 156 g/mol. The normalized spacial score (nSPS) is 22.1. The molecule has 0 bridgehead atoms. The minimum Gasteiger partial charge on any atom is -0.0836 e. The molecule has 2 aliphatic carbocycles. The molecule has 0 aromatic rings. The van der Waals surface area contributed by atoms with Crippen LogP contribution in [0.3, 0.4) is 0 Å². The number of hydrogen-bond acceptors (Lipinski definition) is 0. The fourth-order valence-electron chi connectivity index (χ4n) is 1.96. The van der Waals surface area contributed by atoms with Gasteiger partial charge >= 0.3 is 0 Å². The second kappa shape index (κ2) is 3.78. The van der Waals surface area contributed by atoms with Gasteiger partial charge in [0, 0.05) is 0 Å². The highest BCUT2D eigenvalue weighted by Crippen LogP contribution is 2.27. The highest BCUT2D eigenvalue weighted by molar-refractivity contribution is 5.52. The van der Waals surface area contributed by atoms with Crippen LogP contribution in [0.5, 0.6) is 0 Å². The lowest BCUT2D eigenvalue weighted by molar-refractivity contribution is 0.979. The van der Waals surface area contributed by atoms with E-state index in [2.05, 4.69) is 37.3 Å². The van der Waals surface area contributed by atoms with E-state index in [-0.39, 0.29) is 0 Å². The van der Waals surface area contributed by atoms with E-state index in [9.17, 15) is 0 Å². The summed E-state index contributed by atoms with van der Waals surface area (Å²) < 4.78 is 0. The molecule has 0 saturated carbocycles. The molecule has 0 unspecified atom stereocenters. The van der Waals surface area contributed by atoms with Crippen LogP contribution in [0, 0.1) is 0 Å². The van der Waals surface area contributed by atoms with Crippen molar-refractivity contribution in [3.05, 3.63) is 47.1 Å².